The summed E-state index contributed by atoms with van der Waals surface area (Å²) in [6.07, 6.45) is 5.36. The predicted octanol–water partition coefficient (Wildman–Crippen LogP) is 3.68. The van der Waals surface area contributed by atoms with Crippen LogP contribution in [-0.4, -0.2) is 23.0 Å². The summed E-state index contributed by atoms with van der Waals surface area (Å²) in [6.45, 7) is 6.44. The SMILES string of the molecule is CC(C)(C)c1ccc(C[C@@H](NC(=O)C2CCCCC2)C(=O)O)cc1. The quantitative estimate of drug-likeness (QED) is 0.865. The Balaban J connectivity index is 2.00. The van der Waals surface area contributed by atoms with Crippen LogP contribution in [0.15, 0.2) is 24.3 Å². The molecule has 0 saturated heterocycles. The lowest BCUT2D eigenvalue weighted by molar-refractivity contribution is -0.142. The van der Waals surface area contributed by atoms with Crippen LogP contribution >= 0.6 is 0 Å². The van der Waals surface area contributed by atoms with Gasteiger partial charge in [-0.25, -0.2) is 4.79 Å². The molecule has 0 aromatic heterocycles. The van der Waals surface area contributed by atoms with Gasteiger partial charge >= 0.3 is 5.97 Å². The molecule has 2 N–H and O–H groups in total. The van der Waals surface area contributed by atoms with Gasteiger partial charge in [0.1, 0.15) is 6.04 Å². The van der Waals surface area contributed by atoms with Gasteiger partial charge < -0.3 is 10.4 Å². The average molecular weight is 331 g/mol. The van der Waals surface area contributed by atoms with Crippen molar-refractivity contribution in [3.63, 3.8) is 0 Å². The highest BCUT2D eigenvalue weighted by Crippen LogP contribution is 2.24. The molecule has 4 nitrogen and oxygen atoms in total. The largest absolute Gasteiger partial charge is 0.480 e. The van der Waals surface area contributed by atoms with Crippen LogP contribution in [0.25, 0.3) is 0 Å². The fourth-order valence-corrected chi connectivity index (χ4v) is 3.23. The summed E-state index contributed by atoms with van der Waals surface area (Å²) in [5.74, 6) is -1.10. The zero-order chi connectivity index (χ0) is 17.7. The van der Waals surface area contributed by atoms with E-state index in [0.29, 0.717) is 6.42 Å². The smallest absolute Gasteiger partial charge is 0.326 e. The maximum atomic E-state index is 12.3. The molecule has 1 amide bonds. The van der Waals surface area contributed by atoms with Crippen LogP contribution in [0.5, 0.6) is 0 Å². The molecule has 1 fully saturated rings. The molecule has 0 bridgehead atoms. The van der Waals surface area contributed by atoms with Gasteiger partial charge in [0.25, 0.3) is 0 Å². The van der Waals surface area contributed by atoms with E-state index in [1.54, 1.807) is 0 Å². The van der Waals surface area contributed by atoms with Gasteiger partial charge in [-0.3, -0.25) is 4.79 Å². The number of nitrogens with one attached hydrogen (secondary N) is 1. The van der Waals surface area contributed by atoms with E-state index >= 15 is 0 Å². The Labute approximate surface area is 144 Å². The van der Waals surface area contributed by atoms with Crippen molar-refractivity contribution < 1.29 is 14.7 Å². The van der Waals surface area contributed by atoms with E-state index in [1.807, 2.05) is 24.3 Å². The van der Waals surface area contributed by atoms with Crippen LogP contribution in [0.2, 0.25) is 0 Å². The van der Waals surface area contributed by atoms with Crippen LogP contribution in [-0.2, 0) is 21.4 Å². The number of hydrogen-bond acceptors (Lipinski definition) is 2. The summed E-state index contributed by atoms with van der Waals surface area (Å²) in [6, 6.07) is 7.14. The number of carboxylic acids is 1. The van der Waals surface area contributed by atoms with Crippen molar-refractivity contribution in [1.82, 2.24) is 5.32 Å². The molecule has 1 saturated carbocycles. The summed E-state index contributed by atoms with van der Waals surface area (Å²) in [5.41, 5.74) is 2.21. The van der Waals surface area contributed by atoms with Crippen molar-refractivity contribution in [3.05, 3.63) is 35.4 Å². The standard InChI is InChI=1S/C20H29NO3/c1-20(2,3)16-11-9-14(10-12-16)13-17(19(23)24)21-18(22)15-7-5-4-6-8-15/h9-12,15,17H,4-8,13H2,1-3H3,(H,21,22)(H,23,24)/t17-/m1/s1. The van der Waals surface area contributed by atoms with E-state index in [4.69, 9.17) is 0 Å². The Morgan fingerprint density at radius 1 is 1.12 bits per heavy atom. The topological polar surface area (TPSA) is 66.4 Å². The minimum Gasteiger partial charge on any atom is -0.480 e. The van der Waals surface area contributed by atoms with Crippen molar-refractivity contribution in [2.45, 2.75) is 70.8 Å². The molecule has 0 unspecified atom stereocenters. The Morgan fingerprint density at radius 3 is 2.21 bits per heavy atom. The zero-order valence-electron chi connectivity index (χ0n) is 15.0. The van der Waals surface area contributed by atoms with E-state index in [1.165, 1.54) is 12.0 Å². The molecule has 132 valence electrons. The van der Waals surface area contributed by atoms with Crippen molar-refractivity contribution >= 4 is 11.9 Å². The Bertz CT molecular complexity index is 566. The molecule has 1 aliphatic carbocycles. The first-order chi connectivity index (χ1) is 11.3. The van der Waals surface area contributed by atoms with Crippen molar-refractivity contribution in [2.24, 2.45) is 5.92 Å². The summed E-state index contributed by atoms with van der Waals surface area (Å²) in [7, 11) is 0. The van der Waals surface area contributed by atoms with Crippen LogP contribution in [0.1, 0.15) is 64.0 Å². The van der Waals surface area contributed by atoms with Gasteiger partial charge in [-0.15, -0.1) is 0 Å². The minimum atomic E-state index is -0.973. The lowest BCUT2D eigenvalue weighted by Crippen LogP contribution is -2.45. The number of amides is 1. The third-order valence-electron chi connectivity index (χ3n) is 4.85. The number of hydrogen-bond donors (Lipinski definition) is 2. The highest BCUT2D eigenvalue weighted by Gasteiger charge is 2.26. The molecule has 24 heavy (non-hydrogen) atoms. The van der Waals surface area contributed by atoms with Crippen molar-refractivity contribution in [3.8, 4) is 0 Å². The Hall–Kier alpha value is -1.84. The predicted molar refractivity (Wildman–Crippen MR) is 95.0 cm³/mol. The second-order valence-corrected chi connectivity index (χ2v) is 7.89. The zero-order valence-corrected chi connectivity index (χ0v) is 15.0. The van der Waals surface area contributed by atoms with E-state index in [9.17, 15) is 14.7 Å². The fraction of sp³-hybridized carbons (Fsp3) is 0.600. The maximum Gasteiger partial charge on any atom is 0.326 e. The second-order valence-electron chi connectivity index (χ2n) is 7.89. The lowest BCUT2D eigenvalue weighted by atomic mass is 9.86. The third kappa shape index (κ3) is 5.08. The van der Waals surface area contributed by atoms with Gasteiger partial charge in [-0.2, -0.15) is 0 Å². The molecule has 4 heteroatoms. The summed E-state index contributed by atoms with van der Waals surface area (Å²) >= 11 is 0. The molecular weight excluding hydrogens is 302 g/mol. The molecule has 1 aromatic carbocycles. The van der Waals surface area contributed by atoms with Gasteiger partial charge in [-0.05, 0) is 29.4 Å². The number of aliphatic carboxylic acids is 1. The maximum absolute atomic E-state index is 12.3. The highest BCUT2D eigenvalue weighted by molar-refractivity contribution is 5.85. The van der Waals surface area contributed by atoms with Crippen molar-refractivity contribution in [2.75, 3.05) is 0 Å². The third-order valence-corrected chi connectivity index (χ3v) is 4.85. The van der Waals surface area contributed by atoms with Crippen LogP contribution in [0, 0.1) is 5.92 Å². The molecule has 1 aromatic rings. The molecule has 1 aliphatic rings. The molecular formula is C20H29NO3. The molecule has 1 atom stereocenters. The minimum absolute atomic E-state index is 0.0242. The molecule has 0 aliphatic heterocycles. The Kier molecular flexibility index (Phi) is 6.03. The number of carboxylic acid groups (broad SMARTS) is 1. The van der Waals surface area contributed by atoms with E-state index in [-0.39, 0.29) is 17.2 Å². The highest BCUT2D eigenvalue weighted by atomic mass is 16.4. The van der Waals surface area contributed by atoms with Crippen LogP contribution < -0.4 is 5.32 Å². The summed E-state index contributed by atoms with van der Waals surface area (Å²) in [5, 5.41) is 12.2. The van der Waals surface area contributed by atoms with Gasteiger partial charge in [-0.1, -0.05) is 64.3 Å². The summed E-state index contributed by atoms with van der Waals surface area (Å²) in [4.78, 5) is 23.8. The second kappa shape index (κ2) is 7.82. The number of carbonyl (C=O) groups excluding carboxylic acids is 1. The molecule has 0 spiro atoms. The monoisotopic (exact) mass is 331 g/mol. The number of rotatable bonds is 5. The van der Waals surface area contributed by atoms with Crippen molar-refractivity contribution in [1.29, 1.82) is 0 Å². The van der Waals surface area contributed by atoms with E-state index in [2.05, 4.69) is 26.1 Å². The Morgan fingerprint density at radius 2 is 1.71 bits per heavy atom. The molecule has 0 radical (unpaired) electrons. The average Bonchev–Trinajstić information content (AvgIpc) is 2.54. The molecule has 2 rings (SSSR count). The number of benzene rings is 1. The van der Waals surface area contributed by atoms with Crippen LogP contribution in [0.3, 0.4) is 0 Å². The van der Waals surface area contributed by atoms with E-state index < -0.39 is 12.0 Å². The van der Waals surface area contributed by atoms with Gasteiger partial charge in [0.15, 0.2) is 0 Å². The van der Waals surface area contributed by atoms with Gasteiger partial charge in [0.2, 0.25) is 5.91 Å². The lowest BCUT2D eigenvalue weighted by Gasteiger charge is -2.23. The van der Waals surface area contributed by atoms with Gasteiger partial charge in [0.05, 0.1) is 0 Å². The van der Waals surface area contributed by atoms with Crippen LogP contribution in [0.4, 0.5) is 0 Å². The first-order valence-corrected chi connectivity index (χ1v) is 8.90. The molecule has 0 heterocycles. The first kappa shape index (κ1) is 18.5. The van der Waals surface area contributed by atoms with E-state index in [0.717, 1.165) is 31.2 Å². The normalized spacial score (nSPS) is 17.3. The van der Waals surface area contributed by atoms with Gasteiger partial charge in [0, 0.05) is 12.3 Å². The first-order valence-electron chi connectivity index (χ1n) is 8.90. The summed E-state index contributed by atoms with van der Waals surface area (Å²) < 4.78 is 0. The number of carbonyl (C=O) groups is 2. The fourth-order valence-electron chi connectivity index (χ4n) is 3.23.